The minimum absolute atomic E-state index is 0.00646. The Morgan fingerprint density at radius 2 is 1.95 bits per heavy atom. The molecule has 3 fully saturated rings. The topological polar surface area (TPSA) is 51.4 Å². The molecule has 0 radical (unpaired) electrons. The number of epoxide rings is 2. The number of ether oxygens (including phenoxy) is 3. The van der Waals surface area contributed by atoms with Gasteiger partial charge in [0.1, 0.15) is 5.60 Å². The molecule has 0 N–H and O–H groups in total. The van der Waals surface area contributed by atoms with Crippen LogP contribution in [0.4, 0.5) is 0 Å². The zero-order chi connectivity index (χ0) is 16.3. The zero-order valence-corrected chi connectivity index (χ0v) is 14.8. The van der Waals surface area contributed by atoms with Crippen molar-refractivity contribution < 1.29 is 19.0 Å². The lowest BCUT2D eigenvalue weighted by Crippen LogP contribution is -2.47. The number of rotatable bonds is 5. The number of carbonyl (C=O) groups is 1. The predicted octanol–water partition coefficient (Wildman–Crippen LogP) is 3.47. The first-order valence-corrected chi connectivity index (χ1v) is 8.63. The largest absolute Gasteiger partial charge is 0.459 e. The summed E-state index contributed by atoms with van der Waals surface area (Å²) in [5.74, 6) is 0.603. The van der Waals surface area contributed by atoms with E-state index >= 15 is 0 Å². The molecule has 4 nitrogen and oxygen atoms in total. The van der Waals surface area contributed by atoms with Gasteiger partial charge in [-0.05, 0) is 59.3 Å². The molecule has 3 aliphatic rings. The van der Waals surface area contributed by atoms with Crippen LogP contribution in [0, 0.1) is 11.8 Å². The minimum atomic E-state index is -0.416. The Morgan fingerprint density at radius 1 is 1.32 bits per heavy atom. The molecule has 2 saturated heterocycles. The van der Waals surface area contributed by atoms with Gasteiger partial charge in [-0.15, -0.1) is 0 Å². The van der Waals surface area contributed by atoms with E-state index < -0.39 is 5.60 Å². The van der Waals surface area contributed by atoms with Gasteiger partial charge in [0, 0.05) is 12.8 Å². The van der Waals surface area contributed by atoms with Crippen LogP contribution in [-0.2, 0) is 19.0 Å². The maximum atomic E-state index is 11.7. The lowest BCUT2D eigenvalue weighted by atomic mass is 9.67. The average Bonchev–Trinajstić information content (AvgIpc) is 3.22. The van der Waals surface area contributed by atoms with Crippen molar-refractivity contribution in [3.05, 3.63) is 0 Å². The van der Waals surface area contributed by atoms with Crippen molar-refractivity contribution in [2.24, 2.45) is 11.8 Å². The number of fused-ring (bicyclic) bond motifs is 1. The fraction of sp³-hybridized carbons (Fsp3) is 0.944. The van der Waals surface area contributed by atoms with Gasteiger partial charge in [0.15, 0.2) is 0 Å². The van der Waals surface area contributed by atoms with E-state index in [0.717, 1.165) is 25.7 Å². The molecule has 0 amide bonds. The fourth-order valence-corrected chi connectivity index (χ4v) is 4.70. The second kappa shape index (κ2) is 4.94. The Kier molecular flexibility index (Phi) is 3.65. The molecule has 4 heteroatoms. The minimum Gasteiger partial charge on any atom is -0.459 e. The van der Waals surface area contributed by atoms with Crippen molar-refractivity contribution >= 4 is 5.97 Å². The quantitative estimate of drug-likeness (QED) is 0.576. The van der Waals surface area contributed by atoms with E-state index in [2.05, 4.69) is 34.6 Å². The summed E-state index contributed by atoms with van der Waals surface area (Å²) in [6.07, 6.45) is 4.56. The average molecular weight is 310 g/mol. The van der Waals surface area contributed by atoms with E-state index in [4.69, 9.17) is 14.2 Å². The van der Waals surface area contributed by atoms with Crippen molar-refractivity contribution in [2.45, 2.75) is 96.2 Å². The molecule has 6 atom stereocenters. The second-order valence-corrected chi connectivity index (χ2v) is 8.51. The third kappa shape index (κ3) is 2.80. The van der Waals surface area contributed by atoms with E-state index in [1.165, 1.54) is 6.92 Å². The Bertz CT molecular complexity index is 474. The summed E-state index contributed by atoms with van der Waals surface area (Å²) in [7, 11) is 0. The monoisotopic (exact) mass is 310 g/mol. The molecule has 1 saturated carbocycles. The van der Waals surface area contributed by atoms with Crippen molar-refractivity contribution in [2.75, 3.05) is 0 Å². The third-order valence-corrected chi connectivity index (χ3v) is 6.23. The van der Waals surface area contributed by atoms with Crippen LogP contribution < -0.4 is 0 Å². The Morgan fingerprint density at radius 3 is 2.50 bits per heavy atom. The first-order valence-electron chi connectivity index (χ1n) is 8.63. The second-order valence-electron chi connectivity index (χ2n) is 8.51. The zero-order valence-electron chi connectivity index (χ0n) is 14.8. The molecular formula is C18H30O4. The van der Waals surface area contributed by atoms with E-state index in [1.807, 2.05) is 0 Å². The van der Waals surface area contributed by atoms with Gasteiger partial charge in [0.2, 0.25) is 0 Å². The van der Waals surface area contributed by atoms with Crippen LogP contribution in [0.3, 0.4) is 0 Å². The standard InChI is InChI=1S/C18H30O4/c1-11-13(7-9-18(6)15(11)22-18)17(5,20-12(2)19)10-8-14-16(3,4)21-14/h11,13-15H,7-10H2,1-6H3. The van der Waals surface area contributed by atoms with E-state index in [0.29, 0.717) is 24.0 Å². The van der Waals surface area contributed by atoms with Gasteiger partial charge >= 0.3 is 5.97 Å². The molecule has 2 heterocycles. The summed E-state index contributed by atoms with van der Waals surface area (Å²) in [5, 5.41) is 0. The Hall–Kier alpha value is -0.610. The van der Waals surface area contributed by atoms with E-state index in [1.54, 1.807) is 0 Å². The lowest BCUT2D eigenvalue weighted by molar-refractivity contribution is -0.166. The lowest BCUT2D eigenvalue weighted by Gasteiger charge is -2.42. The van der Waals surface area contributed by atoms with Crippen LogP contribution in [0.1, 0.15) is 67.2 Å². The van der Waals surface area contributed by atoms with Gasteiger partial charge < -0.3 is 14.2 Å². The molecule has 0 spiro atoms. The summed E-state index contributed by atoms with van der Waals surface area (Å²) < 4.78 is 17.5. The molecule has 3 rings (SSSR count). The van der Waals surface area contributed by atoms with Crippen molar-refractivity contribution in [1.29, 1.82) is 0 Å². The third-order valence-electron chi connectivity index (χ3n) is 6.23. The fourth-order valence-electron chi connectivity index (χ4n) is 4.70. The van der Waals surface area contributed by atoms with E-state index in [9.17, 15) is 4.79 Å². The molecule has 2 aliphatic heterocycles. The van der Waals surface area contributed by atoms with Crippen LogP contribution in [0.25, 0.3) is 0 Å². The SMILES string of the molecule is CC(=O)OC(C)(CCC1OC1(C)C)C1CCC2(C)OC2C1C. The molecule has 0 aromatic carbocycles. The van der Waals surface area contributed by atoms with Crippen LogP contribution in [0.5, 0.6) is 0 Å². The highest BCUT2D eigenvalue weighted by Crippen LogP contribution is 2.56. The van der Waals surface area contributed by atoms with Crippen LogP contribution >= 0.6 is 0 Å². The van der Waals surface area contributed by atoms with Crippen LogP contribution in [0.2, 0.25) is 0 Å². The number of hydrogen-bond donors (Lipinski definition) is 0. The summed E-state index contributed by atoms with van der Waals surface area (Å²) in [6.45, 7) is 12.3. The summed E-state index contributed by atoms with van der Waals surface area (Å²) >= 11 is 0. The summed E-state index contributed by atoms with van der Waals surface area (Å²) in [6, 6.07) is 0. The normalized spacial score (nSPS) is 44.6. The van der Waals surface area contributed by atoms with Crippen LogP contribution in [0.15, 0.2) is 0 Å². The molecule has 0 bridgehead atoms. The Balaban J connectivity index is 1.69. The number of hydrogen-bond acceptors (Lipinski definition) is 4. The van der Waals surface area contributed by atoms with E-state index in [-0.39, 0.29) is 17.2 Å². The van der Waals surface area contributed by atoms with Gasteiger partial charge in [-0.25, -0.2) is 0 Å². The first kappa shape index (κ1) is 16.3. The molecule has 6 unspecified atom stereocenters. The first-order chi connectivity index (χ1) is 10.1. The summed E-state index contributed by atoms with van der Waals surface area (Å²) in [4.78, 5) is 11.7. The molecule has 0 aromatic rings. The number of esters is 1. The highest BCUT2D eigenvalue weighted by atomic mass is 16.6. The van der Waals surface area contributed by atoms with Crippen molar-refractivity contribution in [3.8, 4) is 0 Å². The Labute approximate surface area is 133 Å². The van der Waals surface area contributed by atoms with Crippen LogP contribution in [-0.4, -0.2) is 35.0 Å². The van der Waals surface area contributed by atoms with Crippen molar-refractivity contribution in [1.82, 2.24) is 0 Å². The molecule has 1 aliphatic carbocycles. The van der Waals surface area contributed by atoms with Gasteiger partial charge in [0.05, 0.1) is 23.4 Å². The maximum absolute atomic E-state index is 11.7. The summed E-state index contributed by atoms with van der Waals surface area (Å²) in [5.41, 5.74) is -0.345. The predicted molar refractivity (Wildman–Crippen MR) is 83.5 cm³/mol. The smallest absolute Gasteiger partial charge is 0.303 e. The van der Waals surface area contributed by atoms with Crippen molar-refractivity contribution in [3.63, 3.8) is 0 Å². The molecule has 126 valence electrons. The highest BCUT2D eigenvalue weighted by Gasteiger charge is 2.62. The van der Waals surface area contributed by atoms with Gasteiger partial charge in [-0.3, -0.25) is 4.79 Å². The van der Waals surface area contributed by atoms with Gasteiger partial charge in [0.25, 0.3) is 0 Å². The van der Waals surface area contributed by atoms with Gasteiger partial charge in [-0.1, -0.05) is 6.92 Å². The molecule has 0 aromatic heterocycles. The maximum Gasteiger partial charge on any atom is 0.303 e. The highest BCUT2D eigenvalue weighted by molar-refractivity contribution is 5.66. The molecular weight excluding hydrogens is 280 g/mol. The number of carbonyl (C=O) groups excluding carboxylic acids is 1. The molecule has 22 heavy (non-hydrogen) atoms. The van der Waals surface area contributed by atoms with Gasteiger partial charge in [-0.2, -0.15) is 0 Å².